The summed E-state index contributed by atoms with van der Waals surface area (Å²) in [5, 5.41) is 12.1. The van der Waals surface area contributed by atoms with Gasteiger partial charge in [0.05, 0.1) is 13.1 Å². The minimum absolute atomic E-state index is 0. The summed E-state index contributed by atoms with van der Waals surface area (Å²) in [6.45, 7) is 5.57. The quantitative estimate of drug-likeness (QED) is 0.240. The average molecular weight is 441 g/mol. The number of piperidine rings is 1. The second-order valence-corrected chi connectivity index (χ2v) is 8.88. The van der Waals surface area contributed by atoms with Gasteiger partial charge in [-0.2, -0.15) is 0 Å². The molecule has 0 N–H and O–H groups in total. The Balaban J connectivity index is 0.00000364. The number of halogens is 2. The number of hydrogen-bond acceptors (Lipinski definition) is 4. The predicted molar refractivity (Wildman–Crippen MR) is 123 cm³/mol. The number of nitrogens with zero attached hydrogens (tertiary/aromatic N) is 3. The van der Waals surface area contributed by atoms with Gasteiger partial charge in [0.2, 0.25) is 5.54 Å². The van der Waals surface area contributed by atoms with Crippen LogP contribution in [0.4, 0.5) is 0 Å². The molecule has 0 aromatic heterocycles. The molecule has 0 amide bonds. The molecule has 168 valence electrons. The smallest absolute Gasteiger partial charge is 0.247 e. The van der Waals surface area contributed by atoms with Crippen LogP contribution in [0.1, 0.15) is 90.4 Å². The first-order chi connectivity index (χ1) is 12.6. The molecular weight excluding hydrogens is 397 g/mol. The van der Waals surface area contributed by atoms with Gasteiger partial charge < -0.3 is 0 Å². The molecule has 2 unspecified atom stereocenters. The third kappa shape index (κ3) is 8.73. The molecule has 2 fully saturated rings. The van der Waals surface area contributed by atoms with Crippen molar-refractivity contribution >= 4 is 24.8 Å². The van der Waals surface area contributed by atoms with Gasteiger partial charge >= 0.3 is 0 Å². The number of unbranched alkanes of at least 4 members (excludes halogenated alkanes) is 8. The fourth-order valence-electron chi connectivity index (χ4n) is 4.96. The lowest BCUT2D eigenvalue weighted by molar-refractivity contribution is -0.571. The molecule has 2 heterocycles. The van der Waals surface area contributed by atoms with E-state index in [1.165, 1.54) is 64.2 Å². The van der Waals surface area contributed by atoms with E-state index < -0.39 is 5.54 Å². The summed E-state index contributed by atoms with van der Waals surface area (Å²) in [6.07, 6.45) is 15.8. The van der Waals surface area contributed by atoms with E-state index in [0.29, 0.717) is 19.1 Å². The van der Waals surface area contributed by atoms with Crippen LogP contribution in [-0.2, 0) is 0 Å². The van der Waals surface area contributed by atoms with Gasteiger partial charge in [0.25, 0.3) is 0 Å². The van der Waals surface area contributed by atoms with Crippen LogP contribution in [0.15, 0.2) is 0 Å². The van der Waals surface area contributed by atoms with Gasteiger partial charge in [-0.05, 0) is 32.9 Å². The van der Waals surface area contributed by atoms with Crippen molar-refractivity contribution in [2.75, 3.05) is 33.2 Å². The Kier molecular flexibility index (Phi) is 14.8. The van der Waals surface area contributed by atoms with E-state index in [1.54, 1.807) is 0 Å². The Morgan fingerprint density at radius 3 is 2.18 bits per heavy atom. The summed E-state index contributed by atoms with van der Waals surface area (Å²) < 4.78 is 0. The Bertz CT molecular complexity index is 428. The van der Waals surface area contributed by atoms with Crippen molar-refractivity contribution in [1.29, 1.82) is 0 Å². The van der Waals surface area contributed by atoms with Gasteiger partial charge in [0.15, 0.2) is 0 Å². The second-order valence-electron chi connectivity index (χ2n) is 8.88. The van der Waals surface area contributed by atoms with E-state index in [-0.39, 0.29) is 29.7 Å². The summed E-state index contributed by atoms with van der Waals surface area (Å²) in [7, 11) is 2.08. The topological polar surface area (TPSA) is 49.6 Å². The fourth-order valence-corrected chi connectivity index (χ4v) is 4.96. The molecule has 2 saturated heterocycles. The van der Waals surface area contributed by atoms with E-state index >= 15 is 0 Å². The predicted octanol–water partition coefficient (Wildman–Crippen LogP) is 5.57. The van der Waals surface area contributed by atoms with Crippen LogP contribution < -0.4 is 0 Å². The molecule has 5 nitrogen and oxygen atoms in total. The van der Waals surface area contributed by atoms with Gasteiger partial charge in [0.1, 0.15) is 0 Å². The minimum atomic E-state index is -0.762. The summed E-state index contributed by atoms with van der Waals surface area (Å²) in [6, 6.07) is 0.527. The summed E-state index contributed by atoms with van der Waals surface area (Å²) in [5.41, 5.74) is -0.762. The third-order valence-corrected chi connectivity index (χ3v) is 6.47. The highest BCUT2D eigenvalue weighted by atomic mass is 35.5. The Morgan fingerprint density at radius 2 is 1.57 bits per heavy atom. The zero-order valence-electron chi connectivity index (χ0n) is 18.1. The standard InChI is InChI=1S/C21H41N3O2.2ClH/c1-3-4-5-6-7-8-9-10-12-15-21(24(25)26)18-22(2)17-20-14-11-13-16-23(20)19-21;;/h20H,3-19H2,1-2H3;2*1H. The first-order valence-corrected chi connectivity index (χ1v) is 11.1. The van der Waals surface area contributed by atoms with E-state index in [9.17, 15) is 10.1 Å². The van der Waals surface area contributed by atoms with Crippen molar-refractivity contribution in [2.45, 2.75) is 102 Å². The van der Waals surface area contributed by atoms with Gasteiger partial charge in [-0.15, -0.1) is 24.8 Å². The molecule has 2 aliphatic rings. The molecule has 0 saturated carbocycles. The highest BCUT2D eigenvalue weighted by molar-refractivity contribution is 5.85. The lowest BCUT2D eigenvalue weighted by Gasteiger charge is -2.36. The average Bonchev–Trinajstić information content (AvgIpc) is 2.76. The normalized spacial score (nSPS) is 25.9. The van der Waals surface area contributed by atoms with Crippen molar-refractivity contribution in [3.8, 4) is 0 Å². The van der Waals surface area contributed by atoms with E-state index in [4.69, 9.17) is 0 Å². The number of nitro groups is 1. The van der Waals surface area contributed by atoms with Crippen LogP contribution in [-0.4, -0.2) is 59.5 Å². The van der Waals surface area contributed by atoms with Crippen molar-refractivity contribution in [3.05, 3.63) is 10.1 Å². The summed E-state index contributed by atoms with van der Waals surface area (Å²) in [4.78, 5) is 16.8. The Labute approximate surface area is 185 Å². The molecule has 2 atom stereocenters. The van der Waals surface area contributed by atoms with Crippen LogP contribution in [0, 0.1) is 10.1 Å². The van der Waals surface area contributed by atoms with Crippen molar-refractivity contribution < 1.29 is 4.92 Å². The maximum Gasteiger partial charge on any atom is 0.247 e. The number of rotatable bonds is 11. The van der Waals surface area contributed by atoms with Gasteiger partial charge in [-0.25, -0.2) is 0 Å². The Morgan fingerprint density at radius 1 is 0.964 bits per heavy atom. The lowest BCUT2D eigenvalue weighted by atomic mass is 9.90. The molecule has 2 rings (SSSR count). The monoisotopic (exact) mass is 439 g/mol. The van der Waals surface area contributed by atoms with Crippen LogP contribution in [0.25, 0.3) is 0 Å². The first-order valence-electron chi connectivity index (χ1n) is 11.1. The lowest BCUT2D eigenvalue weighted by Crippen LogP contribution is -2.53. The zero-order valence-corrected chi connectivity index (χ0v) is 19.7. The summed E-state index contributed by atoms with van der Waals surface area (Å²) >= 11 is 0. The molecule has 0 aromatic rings. The summed E-state index contributed by atoms with van der Waals surface area (Å²) in [5.74, 6) is 0. The SMILES string of the molecule is CCCCCCCCCCCC1([N+](=O)[O-])CN(C)CC2CCCCN2C1.Cl.Cl. The second kappa shape index (κ2) is 14.8. The van der Waals surface area contributed by atoms with E-state index in [1.807, 2.05) is 0 Å². The van der Waals surface area contributed by atoms with E-state index in [2.05, 4.69) is 23.8 Å². The van der Waals surface area contributed by atoms with Crippen LogP contribution in [0.3, 0.4) is 0 Å². The number of likely N-dealkylation sites (N-methyl/N-ethyl adjacent to an activating group) is 1. The third-order valence-electron chi connectivity index (χ3n) is 6.47. The van der Waals surface area contributed by atoms with Gasteiger partial charge in [-0.3, -0.25) is 19.9 Å². The van der Waals surface area contributed by atoms with Crippen molar-refractivity contribution in [3.63, 3.8) is 0 Å². The van der Waals surface area contributed by atoms with Gasteiger partial charge in [-0.1, -0.05) is 64.7 Å². The van der Waals surface area contributed by atoms with E-state index in [0.717, 1.165) is 32.4 Å². The minimum Gasteiger partial charge on any atom is -0.298 e. The molecule has 7 heteroatoms. The Hall–Kier alpha value is -0.100. The zero-order chi connectivity index (χ0) is 18.8. The maximum atomic E-state index is 12.1. The highest BCUT2D eigenvalue weighted by Crippen LogP contribution is 2.30. The van der Waals surface area contributed by atoms with Crippen molar-refractivity contribution in [2.24, 2.45) is 0 Å². The van der Waals surface area contributed by atoms with Crippen LogP contribution in [0.2, 0.25) is 0 Å². The molecule has 0 bridgehead atoms. The first kappa shape index (κ1) is 27.9. The molecule has 0 radical (unpaired) electrons. The number of fused-ring (bicyclic) bond motifs is 1. The van der Waals surface area contributed by atoms with Gasteiger partial charge in [0, 0.05) is 23.9 Å². The van der Waals surface area contributed by atoms with Crippen LogP contribution >= 0.6 is 24.8 Å². The molecule has 0 aromatic carbocycles. The fraction of sp³-hybridized carbons (Fsp3) is 1.00. The maximum absolute atomic E-state index is 12.1. The molecule has 0 spiro atoms. The van der Waals surface area contributed by atoms with Crippen molar-refractivity contribution in [1.82, 2.24) is 9.80 Å². The molecule has 28 heavy (non-hydrogen) atoms. The molecule has 2 aliphatic heterocycles. The number of hydrogen-bond donors (Lipinski definition) is 0. The molecule has 0 aliphatic carbocycles. The van der Waals surface area contributed by atoms with Crippen LogP contribution in [0.5, 0.6) is 0 Å². The highest BCUT2D eigenvalue weighted by Gasteiger charge is 2.48. The largest absolute Gasteiger partial charge is 0.298 e. The molecular formula is C21H43Cl2N3O2.